The fourth-order valence-electron chi connectivity index (χ4n) is 4.13. The maximum atomic E-state index is 12.5. The molecule has 3 rings (SSSR count). The Morgan fingerprint density at radius 1 is 1.32 bits per heavy atom. The summed E-state index contributed by atoms with van der Waals surface area (Å²) in [6, 6.07) is 4.71. The molecule has 25 heavy (non-hydrogen) atoms. The van der Waals surface area contributed by atoms with Crippen molar-refractivity contribution in [2.45, 2.75) is 18.4 Å². The second-order valence-corrected chi connectivity index (χ2v) is 7.20. The molecule has 3 amide bonds. The molecule has 3 atom stereocenters. The highest BCUT2D eigenvalue weighted by Gasteiger charge is 2.41. The zero-order chi connectivity index (χ0) is 18.1. The van der Waals surface area contributed by atoms with Gasteiger partial charge in [0, 0.05) is 37.3 Å². The minimum Gasteiger partial charge on any atom is -0.352 e. The largest absolute Gasteiger partial charge is 0.352 e. The molecule has 136 valence electrons. The predicted molar refractivity (Wildman–Crippen MR) is 93.3 cm³/mol. The van der Waals surface area contributed by atoms with Crippen LogP contribution in [0.4, 0.5) is 4.79 Å². The number of nitrogens with zero attached hydrogens (tertiary/aromatic N) is 3. The van der Waals surface area contributed by atoms with Crippen molar-refractivity contribution < 1.29 is 9.59 Å². The van der Waals surface area contributed by atoms with Crippen molar-refractivity contribution in [3.63, 3.8) is 0 Å². The minimum atomic E-state index is -0.701. The second kappa shape index (κ2) is 6.87. The minimum absolute atomic E-state index is 0.0224. The molecule has 0 unspecified atom stereocenters. The highest BCUT2D eigenvalue weighted by atomic mass is 16.2. The monoisotopic (exact) mass is 347 g/mol. The van der Waals surface area contributed by atoms with E-state index in [0.29, 0.717) is 13.1 Å². The number of likely N-dealkylation sites (N-methyl/N-ethyl adjacent to an activating group) is 1. The van der Waals surface area contributed by atoms with E-state index in [1.807, 2.05) is 24.7 Å². The smallest absolute Gasteiger partial charge is 0.312 e. The number of hydrogen-bond donors (Lipinski definition) is 2. The summed E-state index contributed by atoms with van der Waals surface area (Å²) >= 11 is 0. The van der Waals surface area contributed by atoms with Crippen LogP contribution in [0.3, 0.4) is 0 Å². The Labute approximate surface area is 146 Å². The number of piperidine rings is 1. The number of fused-ring (bicyclic) bond motifs is 4. The van der Waals surface area contributed by atoms with Crippen molar-refractivity contribution in [3.8, 4) is 0 Å². The average molecular weight is 347 g/mol. The molecular formula is C17H25N5O3. The van der Waals surface area contributed by atoms with E-state index in [-0.39, 0.29) is 35.9 Å². The van der Waals surface area contributed by atoms with Crippen molar-refractivity contribution >= 4 is 11.9 Å². The quantitative estimate of drug-likeness (QED) is 0.771. The Hall–Kier alpha value is -2.35. The third-order valence-corrected chi connectivity index (χ3v) is 5.12. The summed E-state index contributed by atoms with van der Waals surface area (Å²) in [5, 5.41) is 2.36. The third-order valence-electron chi connectivity index (χ3n) is 5.12. The molecule has 1 saturated heterocycles. The van der Waals surface area contributed by atoms with Crippen LogP contribution >= 0.6 is 0 Å². The van der Waals surface area contributed by atoms with Crippen LogP contribution in [0, 0.1) is 5.92 Å². The first kappa shape index (κ1) is 17.5. The van der Waals surface area contributed by atoms with E-state index in [9.17, 15) is 14.4 Å². The number of urea groups is 1. The molecule has 0 saturated carbocycles. The summed E-state index contributed by atoms with van der Waals surface area (Å²) in [5.41, 5.74) is 6.07. The van der Waals surface area contributed by atoms with E-state index in [1.54, 1.807) is 17.0 Å². The Bertz CT molecular complexity index is 729. The number of rotatable bonds is 4. The Morgan fingerprint density at radius 3 is 2.76 bits per heavy atom. The Balaban J connectivity index is 1.89. The van der Waals surface area contributed by atoms with Gasteiger partial charge in [-0.25, -0.2) is 4.79 Å². The van der Waals surface area contributed by atoms with Crippen LogP contribution in [0.5, 0.6) is 0 Å². The van der Waals surface area contributed by atoms with Crippen LogP contribution in [-0.4, -0.2) is 66.6 Å². The number of primary amides is 1. The van der Waals surface area contributed by atoms with Crippen LogP contribution < -0.4 is 16.6 Å². The molecule has 2 bridgehead atoms. The molecule has 1 aromatic heterocycles. The standard InChI is InChI=1S/C17H25N5O3/c1-20(2)10-14-12-6-11(13-4-3-5-15(23)22(13)14)8-21(9-12)16(24)7-19-17(18)25/h3-5,11-12,14H,6-10H2,1-2H3,(H3,18,19,25)/t11-,12+,14+/m1/s1. The lowest BCUT2D eigenvalue weighted by molar-refractivity contribution is -0.133. The summed E-state index contributed by atoms with van der Waals surface area (Å²) in [7, 11) is 3.98. The molecule has 2 aliphatic rings. The first-order valence-corrected chi connectivity index (χ1v) is 8.54. The lowest BCUT2D eigenvalue weighted by Gasteiger charge is -2.47. The third kappa shape index (κ3) is 3.53. The number of nitrogens with two attached hydrogens (primary N) is 1. The topological polar surface area (TPSA) is 101 Å². The number of carbonyl (C=O) groups excluding carboxylic acids is 2. The summed E-state index contributed by atoms with van der Waals surface area (Å²) in [6.07, 6.45) is 0.967. The van der Waals surface area contributed by atoms with E-state index in [1.165, 1.54) is 0 Å². The number of nitrogens with one attached hydrogen (secondary N) is 1. The average Bonchev–Trinajstić information content (AvgIpc) is 2.56. The first-order valence-electron chi connectivity index (χ1n) is 8.54. The number of pyridine rings is 1. The fourth-order valence-corrected chi connectivity index (χ4v) is 4.13. The van der Waals surface area contributed by atoms with Gasteiger partial charge in [0.1, 0.15) is 0 Å². The zero-order valence-corrected chi connectivity index (χ0v) is 14.6. The van der Waals surface area contributed by atoms with Crippen molar-refractivity contribution in [1.29, 1.82) is 0 Å². The molecule has 2 aliphatic heterocycles. The molecule has 1 aromatic rings. The Morgan fingerprint density at radius 2 is 2.08 bits per heavy atom. The SMILES string of the molecule is CN(C)C[C@H]1[C@H]2C[C@H](CN(C(=O)CNC(N)=O)C2)c2cccc(=O)n21. The van der Waals surface area contributed by atoms with Gasteiger partial charge in [0.25, 0.3) is 5.56 Å². The van der Waals surface area contributed by atoms with E-state index in [4.69, 9.17) is 5.73 Å². The van der Waals surface area contributed by atoms with Gasteiger partial charge in [-0.05, 0) is 32.5 Å². The summed E-state index contributed by atoms with van der Waals surface area (Å²) < 4.78 is 1.92. The molecule has 3 heterocycles. The molecule has 0 radical (unpaired) electrons. The van der Waals surface area contributed by atoms with Gasteiger partial charge in [-0.1, -0.05) is 6.07 Å². The van der Waals surface area contributed by atoms with Gasteiger partial charge in [-0.3, -0.25) is 9.59 Å². The van der Waals surface area contributed by atoms with E-state index in [2.05, 4.69) is 10.2 Å². The molecular weight excluding hydrogens is 322 g/mol. The fraction of sp³-hybridized carbons (Fsp3) is 0.588. The van der Waals surface area contributed by atoms with Gasteiger partial charge in [0.2, 0.25) is 5.91 Å². The maximum Gasteiger partial charge on any atom is 0.312 e. The van der Waals surface area contributed by atoms with E-state index in [0.717, 1.165) is 18.7 Å². The van der Waals surface area contributed by atoms with Crippen molar-refractivity contribution in [3.05, 3.63) is 34.2 Å². The molecule has 8 heteroatoms. The number of carbonyl (C=O) groups is 2. The van der Waals surface area contributed by atoms with E-state index < -0.39 is 6.03 Å². The molecule has 0 aromatic carbocycles. The van der Waals surface area contributed by atoms with Gasteiger partial charge >= 0.3 is 6.03 Å². The van der Waals surface area contributed by atoms with Crippen LogP contribution in [0.25, 0.3) is 0 Å². The summed E-state index contributed by atoms with van der Waals surface area (Å²) in [5.74, 6) is 0.221. The number of likely N-dealkylation sites (tertiary alicyclic amines) is 1. The Kier molecular flexibility index (Phi) is 4.80. The van der Waals surface area contributed by atoms with Gasteiger partial charge in [0.05, 0.1) is 12.6 Å². The van der Waals surface area contributed by atoms with Crippen LogP contribution in [0.2, 0.25) is 0 Å². The lowest BCUT2D eigenvalue weighted by Crippen LogP contribution is -2.54. The summed E-state index contributed by atoms with van der Waals surface area (Å²) in [6.45, 7) is 1.81. The predicted octanol–water partition coefficient (Wildman–Crippen LogP) is -0.435. The van der Waals surface area contributed by atoms with Gasteiger partial charge in [0.15, 0.2) is 0 Å². The lowest BCUT2D eigenvalue weighted by atomic mass is 9.78. The number of aromatic nitrogens is 1. The number of amides is 3. The normalized spacial score (nSPS) is 24.8. The van der Waals surface area contributed by atoms with Crippen LogP contribution in [0.15, 0.2) is 23.0 Å². The van der Waals surface area contributed by atoms with Gasteiger partial charge < -0.3 is 25.4 Å². The van der Waals surface area contributed by atoms with Crippen LogP contribution in [0.1, 0.15) is 24.1 Å². The highest BCUT2D eigenvalue weighted by Crippen LogP contribution is 2.41. The number of hydrogen-bond acceptors (Lipinski definition) is 4. The van der Waals surface area contributed by atoms with Crippen molar-refractivity contribution in [2.24, 2.45) is 11.7 Å². The zero-order valence-electron chi connectivity index (χ0n) is 14.6. The molecule has 1 fully saturated rings. The van der Waals surface area contributed by atoms with Crippen LogP contribution in [-0.2, 0) is 4.79 Å². The molecule has 3 N–H and O–H groups in total. The molecule has 0 aliphatic carbocycles. The van der Waals surface area contributed by atoms with Crippen molar-refractivity contribution in [1.82, 2.24) is 19.7 Å². The summed E-state index contributed by atoms with van der Waals surface area (Å²) in [4.78, 5) is 39.6. The van der Waals surface area contributed by atoms with Gasteiger partial charge in [-0.15, -0.1) is 0 Å². The first-order chi connectivity index (χ1) is 11.9. The second-order valence-electron chi connectivity index (χ2n) is 7.20. The molecule has 8 nitrogen and oxygen atoms in total. The van der Waals surface area contributed by atoms with Gasteiger partial charge in [-0.2, -0.15) is 0 Å². The maximum absolute atomic E-state index is 12.5. The van der Waals surface area contributed by atoms with Crippen molar-refractivity contribution in [2.75, 3.05) is 40.3 Å². The van der Waals surface area contributed by atoms with E-state index >= 15 is 0 Å². The molecule has 0 spiro atoms. The highest BCUT2D eigenvalue weighted by molar-refractivity contribution is 5.83.